The molecule has 1 N–H and O–H groups in total. The molecule has 0 amide bonds. The molecule has 0 rings (SSSR count). The lowest BCUT2D eigenvalue weighted by atomic mass is 10.2. The number of rotatable bonds is 2. The Labute approximate surface area is 70.8 Å². The van der Waals surface area contributed by atoms with Crippen LogP contribution in [0.5, 0.6) is 0 Å². The molecular formula is C9H18OSi. The molecule has 0 bridgehead atoms. The monoisotopic (exact) mass is 170 g/mol. The highest BCUT2D eigenvalue weighted by molar-refractivity contribution is 6.83. The van der Waals surface area contributed by atoms with E-state index in [1.807, 2.05) is 0 Å². The van der Waals surface area contributed by atoms with E-state index in [0.717, 1.165) is 12.8 Å². The van der Waals surface area contributed by atoms with Crippen LogP contribution in [0.2, 0.25) is 19.6 Å². The summed E-state index contributed by atoms with van der Waals surface area (Å²) >= 11 is 0. The maximum Gasteiger partial charge on any atom is 0.129 e. The van der Waals surface area contributed by atoms with Gasteiger partial charge in [-0.05, 0) is 6.42 Å². The number of hydrogen-bond donors (Lipinski definition) is 1. The fourth-order valence-corrected chi connectivity index (χ4v) is 1.25. The SMILES string of the molecule is CCC[C@H](O)C#C[Si](C)(C)C. The van der Waals surface area contributed by atoms with E-state index in [9.17, 15) is 5.11 Å². The van der Waals surface area contributed by atoms with Gasteiger partial charge in [0.1, 0.15) is 14.2 Å². The quantitative estimate of drug-likeness (QED) is 0.496. The van der Waals surface area contributed by atoms with E-state index in [1.54, 1.807) is 0 Å². The van der Waals surface area contributed by atoms with Crippen LogP contribution in [0, 0.1) is 11.5 Å². The highest BCUT2D eigenvalue weighted by atomic mass is 28.3. The number of aliphatic hydroxyl groups excluding tert-OH is 1. The third-order valence-corrected chi connectivity index (χ3v) is 2.07. The Morgan fingerprint density at radius 2 is 1.91 bits per heavy atom. The summed E-state index contributed by atoms with van der Waals surface area (Å²) in [6.45, 7) is 8.59. The maximum atomic E-state index is 9.26. The van der Waals surface area contributed by atoms with Crippen molar-refractivity contribution >= 4 is 8.07 Å². The van der Waals surface area contributed by atoms with Crippen molar-refractivity contribution in [2.24, 2.45) is 0 Å². The molecule has 1 nitrogen and oxygen atoms in total. The van der Waals surface area contributed by atoms with Crippen molar-refractivity contribution in [1.82, 2.24) is 0 Å². The first kappa shape index (κ1) is 10.7. The zero-order valence-electron chi connectivity index (χ0n) is 7.94. The smallest absolute Gasteiger partial charge is 0.129 e. The van der Waals surface area contributed by atoms with Crippen LogP contribution in [-0.4, -0.2) is 19.3 Å². The minimum atomic E-state index is -1.27. The fraction of sp³-hybridized carbons (Fsp3) is 0.778. The lowest BCUT2D eigenvalue weighted by molar-refractivity contribution is 0.221. The fourth-order valence-electron chi connectivity index (χ4n) is 0.645. The Kier molecular flexibility index (Phi) is 4.47. The third kappa shape index (κ3) is 7.64. The van der Waals surface area contributed by atoms with E-state index < -0.39 is 14.2 Å². The molecule has 0 aliphatic rings. The molecular weight excluding hydrogens is 152 g/mol. The van der Waals surface area contributed by atoms with Crippen molar-refractivity contribution < 1.29 is 5.11 Å². The lowest BCUT2D eigenvalue weighted by Gasteiger charge is -2.05. The van der Waals surface area contributed by atoms with E-state index in [0.29, 0.717) is 0 Å². The van der Waals surface area contributed by atoms with Crippen LogP contribution in [0.4, 0.5) is 0 Å². The molecule has 1 atom stereocenters. The Morgan fingerprint density at radius 3 is 2.27 bits per heavy atom. The van der Waals surface area contributed by atoms with Gasteiger partial charge >= 0.3 is 0 Å². The van der Waals surface area contributed by atoms with Crippen molar-refractivity contribution in [3.05, 3.63) is 0 Å². The Hall–Kier alpha value is -0.263. The van der Waals surface area contributed by atoms with Gasteiger partial charge in [-0.1, -0.05) is 38.9 Å². The molecule has 0 aromatic rings. The van der Waals surface area contributed by atoms with Gasteiger partial charge in [-0.2, -0.15) is 0 Å². The average Bonchev–Trinajstić information content (AvgIpc) is 1.83. The van der Waals surface area contributed by atoms with E-state index in [2.05, 4.69) is 38.0 Å². The molecule has 0 unspecified atom stereocenters. The first-order valence-corrected chi connectivity index (χ1v) is 7.66. The Morgan fingerprint density at radius 1 is 1.36 bits per heavy atom. The van der Waals surface area contributed by atoms with Crippen LogP contribution in [-0.2, 0) is 0 Å². The molecule has 0 saturated carbocycles. The van der Waals surface area contributed by atoms with Crippen LogP contribution in [0.3, 0.4) is 0 Å². The van der Waals surface area contributed by atoms with Crippen LogP contribution >= 0.6 is 0 Å². The van der Waals surface area contributed by atoms with E-state index >= 15 is 0 Å². The van der Waals surface area contributed by atoms with Crippen molar-refractivity contribution in [2.45, 2.75) is 45.5 Å². The summed E-state index contributed by atoms with van der Waals surface area (Å²) in [7, 11) is -1.27. The zero-order chi connectivity index (χ0) is 8.91. The summed E-state index contributed by atoms with van der Waals surface area (Å²) in [4.78, 5) is 0. The van der Waals surface area contributed by atoms with Gasteiger partial charge in [0.25, 0.3) is 0 Å². The van der Waals surface area contributed by atoms with Gasteiger partial charge in [-0.3, -0.25) is 0 Å². The molecule has 11 heavy (non-hydrogen) atoms. The average molecular weight is 170 g/mol. The minimum absolute atomic E-state index is 0.397. The van der Waals surface area contributed by atoms with Gasteiger partial charge in [0.05, 0.1) is 0 Å². The van der Waals surface area contributed by atoms with E-state index in [4.69, 9.17) is 0 Å². The number of aliphatic hydroxyl groups is 1. The number of hydrogen-bond acceptors (Lipinski definition) is 1. The molecule has 0 spiro atoms. The summed E-state index contributed by atoms with van der Waals surface area (Å²) in [5, 5.41) is 9.26. The molecule has 0 aliphatic carbocycles. The van der Waals surface area contributed by atoms with E-state index in [1.165, 1.54) is 0 Å². The third-order valence-electron chi connectivity index (χ3n) is 1.18. The molecule has 0 radical (unpaired) electrons. The summed E-state index contributed by atoms with van der Waals surface area (Å²) in [6, 6.07) is 0. The van der Waals surface area contributed by atoms with Crippen molar-refractivity contribution in [1.29, 1.82) is 0 Å². The summed E-state index contributed by atoms with van der Waals surface area (Å²) in [5.41, 5.74) is 3.15. The lowest BCUT2D eigenvalue weighted by Crippen LogP contribution is -2.17. The standard InChI is InChI=1S/C9H18OSi/c1-5-6-9(10)7-8-11(2,3)4/h9-10H,5-6H2,1-4H3/t9-/m0/s1. The van der Waals surface area contributed by atoms with Crippen LogP contribution in [0.25, 0.3) is 0 Å². The van der Waals surface area contributed by atoms with Gasteiger partial charge in [-0.15, -0.1) is 5.54 Å². The first-order chi connectivity index (χ1) is 4.95. The predicted molar refractivity (Wildman–Crippen MR) is 52.0 cm³/mol. The van der Waals surface area contributed by atoms with Crippen LogP contribution in [0.1, 0.15) is 19.8 Å². The molecule has 0 aliphatic heterocycles. The Balaban J connectivity index is 3.87. The maximum absolute atomic E-state index is 9.26. The van der Waals surface area contributed by atoms with Crippen molar-refractivity contribution in [3.63, 3.8) is 0 Å². The summed E-state index contributed by atoms with van der Waals surface area (Å²) < 4.78 is 0. The molecule has 0 aromatic heterocycles. The van der Waals surface area contributed by atoms with Gasteiger partial charge in [0.15, 0.2) is 0 Å². The largest absolute Gasteiger partial charge is 0.380 e. The van der Waals surface area contributed by atoms with Gasteiger partial charge < -0.3 is 5.11 Å². The molecule has 0 fully saturated rings. The molecule has 0 aromatic carbocycles. The zero-order valence-corrected chi connectivity index (χ0v) is 8.94. The molecule has 64 valence electrons. The first-order valence-electron chi connectivity index (χ1n) is 4.16. The van der Waals surface area contributed by atoms with Crippen LogP contribution < -0.4 is 0 Å². The minimum Gasteiger partial charge on any atom is -0.380 e. The highest BCUT2D eigenvalue weighted by Crippen LogP contribution is 1.99. The predicted octanol–water partition coefficient (Wildman–Crippen LogP) is 2.03. The second kappa shape index (κ2) is 4.58. The normalized spacial score (nSPS) is 13.5. The second-order valence-electron chi connectivity index (χ2n) is 3.82. The topological polar surface area (TPSA) is 20.2 Å². The van der Waals surface area contributed by atoms with E-state index in [-0.39, 0.29) is 0 Å². The summed E-state index contributed by atoms with van der Waals surface area (Å²) in [5.74, 6) is 2.89. The van der Waals surface area contributed by atoms with Gasteiger partial charge in [0.2, 0.25) is 0 Å². The highest BCUT2D eigenvalue weighted by Gasteiger charge is 2.08. The van der Waals surface area contributed by atoms with Crippen molar-refractivity contribution in [3.8, 4) is 11.5 Å². The molecule has 0 saturated heterocycles. The summed E-state index contributed by atoms with van der Waals surface area (Å²) in [6.07, 6.45) is 1.41. The van der Waals surface area contributed by atoms with Crippen LogP contribution in [0.15, 0.2) is 0 Å². The Bertz CT molecular complexity index is 159. The van der Waals surface area contributed by atoms with Gasteiger partial charge in [-0.25, -0.2) is 0 Å². The second-order valence-corrected chi connectivity index (χ2v) is 8.57. The molecule has 0 heterocycles. The van der Waals surface area contributed by atoms with Gasteiger partial charge in [0, 0.05) is 0 Å². The van der Waals surface area contributed by atoms with Crippen molar-refractivity contribution in [2.75, 3.05) is 0 Å². The molecule has 2 heteroatoms.